The highest BCUT2D eigenvalue weighted by molar-refractivity contribution is 9.10. The topological polar surface area (TPSA) is 21.3 Å². The molecular formula is C14H22BrNOS. The summed E-state index contributed by atoms with van der Waals surface area (Å²) in [6, 6.07) is 2.69. The van der Waals surface area contributed by atoms with Gasteiger partial charge >= 0.3 is 0 Å². The van der Waals surface area contributed by atoms with Crippen LogP contribution in [0.1, 0.15) is 31.6 Å². The highest BCUT2D eigenvalue weighted by Gasteiger charge is 2.29. The minimum atomic E-state index is 0.424. The molecule has 0 aliphatic carbocycles. The van der Waals surface area contributed by atoms with Crippen LogP contribution in [-0.2, 0) is 11.2 Å². The first-order chi connectivity index (χ1) is 8.70. The Morgan fingerprint density at radius 1 is 1.61 bits per heavy atom. The second-order valence-electron chi connectivity index (χ2n) is 5.10. The van der Waals surface area contributed by atoms with E-state index in [0.29, 0.717) is 18.1 Å². The van der Waals surface area contributed by atoms with Crippen LogP contribution in [0.5, 0.6) is 0 Å². The van der Waals surface area contributed by atoms with Crippen LogP contribution in [0.15, 0.2) is 15.9 Å². The molecule has 1 aromatic heterocycles. The highest BCUT2D eigenvalue weighted by Crippen LogP contribution is 2.29. The lowest BCUT2D eigenvalue weighted by molar-refractivity contribution is 0.117. The van der Waals surface area contributed by atoms with Crippen molar-refractivity contribution in [3.8, 4) is 0 Å². The van der Waals surface area contributed by atoms with E-state index in [1.165, 1.54) is 22.2 Å². The number of rotatable bonds is 6. The van der Waals surface area contributed by atoms with Crippen molar-refractivity contribution in [3.63, 3.8) is 0 Å². The lowest BCUT2D eigenvalue weighted by Crippen LogP contribution is -2.38. The van der Waals surface area contributed by atoms with Gasteiger partial charge in [-0.3, -0.25) is 0 Å². The molecule has 0 radical (unpaired) electrons. The minimum absolute atomic E-state index is 0.424. The number of hydrogen-bond acceptors (Lipinski definition) is 3. The van der Waals surface area contributed by atoms with Crippen LogP contribution < -0.4 is 5.32 Å². The van der Waals surface area contributed by atoms with E-state index >= 15 is 0 Å². The molecule has 1 aliphatic rings. The average Bonchev–Trinajstić information content (AvgIpc) is 2.94. The van der Waals surface area contributed by atoms with Gasteiger partial charge in [-0.1, -0.05) is 6.92 Å². The molecule has 0 spiro atoms. The number of thiophene rings is 1. The molecule has 4 heteroatoms. The Kier molecular flexibility index (Phi) is 5.67. The summed E-state index contributed by atoms with van der Waals surface area (Å²) in [5.41, 5.74) is 0. The van der Waals surface area contributed by atoms with Gasteiger partial charge in [0.25, 0.3) is 0 Å². The zero-order valence-corrected chi connectivity index (χ0v) is 13.5. The van der Waals surface area contributed by atoms with Crippen LogP contribution in [0.2, 0.25) is 0 Å². The van der Waals surface area contributed by atoms with Crippen molar-refractivity contribution in [2.24, 2.45) is 5.92 Å². The third kappa shape index (κ3) is 3.80. The highest BCUT2D eigenvalue weighted by atomic mass is 79.9. The lowest BCUT2D eigenvalue weighted by Gasteiger charge is -2.23. The molecule has 102 valence electrons. The first-order valence-corrected chi connectivity index (χ1v) is 8.44. The van der Waals surface area contributed by atoms with Crippen LogP contribution in [0, 0.1) is 5.92 Å². The molecule has 1 N–H and O–H groups in total. The maximum Gasteiger partial charge on any atom is 0.0551 e. The van der Waals surface area contributed by atoms with Crippen molar-refractivity contribution in [2.75, 3.05) is 13.2 Å². The molecule has 18 heavy (non-hydrogen) atoms. The SMILES string of the molecule is CCCNC(Cc1sccc1Br)C1COC(C)C1. The second kappa shape index (κ2) is 7.04. The van der Waals surface area contributed by atoms with E-state index in [1.54, 1.807) is 0 Å². The van der Waals surface area contributed by atoms with Gasteiger partial charge in [0.2, 0.25) is 0 Å². The first kappa shape index (κ1) is 14.5. The Morgan fingerprint density at radius 2 is 2.44 bits per heavy atom. The molecule has 0 bridgehead atoms. The number of ether oxygens (including phenoxy) is 1. The van der Waals surface area contributed by atoms with Crippen LogP contribution in [-0.4, -0.2) is 25.3 Å². The summed E-state index contributed by atoms with van der Waals surface area (Å²) >= 11 is 5.48. The quantitative estimate of drug-likeness (QED) is 0.854. The summed E-state index contributed by atoms with van der Waals surface area (Å²) in [4.78, 5) is 1.45. The van der Waals surface area contributed by atoms with Gasteiger partial charge in [0.15, 0.2) is 0 Å². The molecule has 1 aromatic rings. The smallest absolute Gasteiger partial charge is 0.0551 e. The van der Waals surface area contributed by atoms with Crippen molar-refractivity contribution in [2.45, 2.75) is 45.3 Å². The van der Waals surface area contributed by atoms with Crippen LogP contribution in [0.3, 0.4) is 0 Å². The molecule has 3 atom stereocenters. The Bertz CT molecular complexity index is 368. The maximum atomic E-state index is 5.73. The Morgan fingerprint density at radius 3 is 3.00 bits per heavy atom. The van der Waals surface area contributed by atoms with Gasteiger partial charge < -0.3 is 10.1 Å². The average molecular weight is 332 g/mol. The molecule has 1 fully saturated rings. The molecule has 2 rings (SSSR count). The molecular weight excluding hydrogens is 310 g/mol. The molecule has 2 nitrogen and oxygen atoms in total. The Labute approximate surface area is 122 Å². The van der Waals surface area contributed by atoms with E-state index in [-0.39, 0.29) is 0 Å². The molecule has 3 unspecified atom stereocenters. The van der Waals surface area contributed by atoms with Crippen molar-refractivity contribution >= 4 is 27.3 Å². The van der Waals surface area contributed by atoms with E-state index < -0.39 is 0 Å². The van der Waals surface area contributed by atoms with Crippen molar-refractivity contribution in [1.82, 2.24) is 5.32 Å². The second-order valence-corrected chi connectivity index (χ2v) is 6.95. The van der Waals surface area contributed by atoms with Crippen LogP contribution >= 0.6 is 27.3 Å². The number of hydrogen-bond donors (Lipinski definition) is 1. The van der Waals surface area contributed by atoms with Crippen LogP contribution in [0.25, 0.3) is 0 Å². The fourth-order valence-corrected chi connectivity index (χ4v) is 4.11. The maximum absolute atomic E-state index is 5.73. The van der Waals surface area contributed by atoms with Gasteiger partial charge in [-0.2, -0.15) is 0 Å². The summed E-state index contributed by atoms with van der Waals surface area (Å²) < 4.78 is 6.98. The zero-order chi connectivity index (χ0) is 13.0. The third-order valence-corrected chi connectivity index (χ3v) is 5.50. The summed E-state index contributed by atoms with van der Waals surface area (Å²) in [5, 5.41) is 5.86. The zero-order valence-electron chi connectivity index (χ0n) is 11.1. The molecule has 1 aliphatic heterocycles. The van der Waals surface area contributed by atoms with Gasteiger partial charge in [-0.25, -0.2) is 0 Å². The van der Waals surface area contributed by atoms with Gasteiger partial charge in [0.1, 0.15) is 0 Å². The standard InChI is InChI=1S/C14H22BrNOS/c1-3-5-16-13(11-7-10(2)17-9-11)8-14-12(15)4-6-18-14/h4,6,10-11,13,16H,3,5,7-9H2,1-2H3. The van der Waals surface area contributed by atoms with Gasteiger partial charge in [0.05, 0.1) is 12.7 Å². The first-order valence-electron chi connectivity index (χ1n) is 6.77. The fraction of sp³-hybridized carbons (Fsp3) is 0.714. The van der Waals surface area contributed by atoms with E-state index in [4.69, 9.17) is 4.74 Å². The molecule has 0 amide bonds. The summed E-state index contributed by atoms with van der Waals surface area (Å²) in [5.74, 6) is 0.653. The van der Waals surface area contributed by atoms with E-state index in [9.17, 15) is 0 Å². The van der Waals surface area contributed by atoms with Crippen molar-refractivity contribution in [1.29, 1.82) is 0 Å². The lowest BCUT2D eigenvalue weighted by atomic mass is 9.93. The number of nitrogens with one attached hydrogen (secondary N) is 1. The largest absolute Gasteiger partial charge is 0.378 e. The van der Waals surface area contributed by atoms with Crippen molar-refractivity contribution < 1.29 is 4.74 Å². The normalized spacial score (nSPS) is 25.5. The molecule has 0 aromatic carbocycles. The fourth-order valence-electron chi connectivity index (χ4n) is 2.54. The minimum Gasteiger partial charge on any atom is -0.378 e. The summed E-state index contributed by atoms with van der Waals surface area (Å²) in [6.07, 6.45) is 3.90. The van der Waals surface area contributed by atoms with Crippen LogP contribution in [0.4, 0.5) is 0 Å². The third-order valence-electron chi connectivity index (χ3n) is 3.55. The Hall–Kier alpha value is 0.1000. The van der Waals surface area contributed by atoms with E-state index in [1.807, 2.05) is 11.3 Å². The van der Waals surface area contributed by atoms with E-state index in [0.717, 1.165) is 19.6 Å². The van der Waals surface area contributed by atoms with Gasteiger partial charge in [0, 0.05) is 21.3 Å². The molecule has 2 heterocycles. The number of halogens is 1. The van der Waals surface area contributed by atoms with Gasteiger partial charge in [-0.15, -0.1) is 11.3 Å². The molecule has 0 saturated carbocycles. The van der Waals surface area contributed by atoms with Gasteiger partial charge in [-0.05, 0) is 60.1 Å². The van der Waals surface area contributed by atoms with Crippen molar-refractivity contribution in [3.05, 3.63) is 20.8 Å². The predicted molar refractivity (Wildman–Crippen MR) is 81.3 cm³/mol. The summed E-state index contributed by atoms with van der Waals surface area (Å²) in [6.45, 7) is 6.40. The van der Waals surface area contributed by atoms with E-state index in [2.05, 4.69) is 46.5 Å². The monoisotopic (exact) mass is 331 g/mol. The predicted octanol–water partition coefficient (Wildman–Crippen LogP) is 3.85. The molecule has 1 saturated heterocycles. The Balaban J connectivity index is 1.98. The summed E-state index contributed by atoms with van der Waals surface area (Å²) in [7, 11) is 0.